The van der Waals surface area contributed by atoms with Crippen LogP contribution in [0.3, 0.4) is 0 Å². The van der Waals surface area contributed by atoms with Gasteiger partial charge in [-0.05, 0) is 50.4 Å². The molecule has 1 aliphatic rings. The van der Waals surface area contributed by atoms with Gasteiger partial charge in [-0.1, -0.05) is 13.8 Å². The summed E-state index contributed by atoms with van der Waals surface area (Å²) in [6.07, 6.45) is 3.12. The van der Waals surface area contributed by atoms with Gasteiger partial charge >= 0.3 is 0 Å². The molecule has 23 heavy (non-hydrogen) atoms. The quantitative estimate of drug-likeness (QED) is 0.458. The number of fused-ring (bicyclic) bond motifs is 1. The molecule has 0 spiro atoms. The SMILES string of the molecule is CCCNC1=C(C)Cc2c(O)ccc(O)c2C1(C=O)NCCC. The topological polar surface area (TPSA) is 81.6 Å². The number of phenols is 2. The molecule has 0 heterocycles. The van der Waals surface area contributed by atoms with Crippen LogP contribution in [0.2, 0.25) is 0 Å². The van der Waals surface area contributed by atoms with Crippen LogP contribution >= 0.6 is 0 Å². The number of allylic oxidation sites excluding steroid dienone is 1. The summed E-state index contributed by atoms with van der Waals surface area (Å²) in [6.45, 7) is 7.40. The lowest BCUT2D eigenvalue weighted by Crippen LogP contribution is -2.52. The average molecular weight is 318 g/mol. The van der Waals surface area contributed by atoms with Gasteiger partial charge in [0.05, 0.1) is 0 Å². The molecule has 126 valence electrons. The van der Waals surface area contributed by atoms with Crippen LogP contribution in [0.1, 0.15) is 44.7 Å². The van der Waals surface area contributed by atoms with Crippen molar-refractivity contribution in [2.45, 2.75) is 45.6 Å². The molecule has 1 aromatic rings. The molecule has 1 atom stereocenters. The first-order valence-electron chi connectivity index (χ1n) is 8.21. The molecule has 0 amide bonds. The van der Waals surface area contributed by atoms with E-state index in [2.05, 4.69) is 17.6 Å². The minimum absolute atomic E-state index is 0.0248. The fraction of sp³-hybridized carbons (Fsp3) is 0.500. The second-order valence-corrected chi connectivity index (χ2v) is 6.07. The van der Waals surface area contributed by atoms with Crippen LogP contribution in [0.4, 0.5) is 0 Å². The highest BCUT2D eigenvalue weighted by Gasteiger charge is 2.44. The summed E-state index contributed by atoms with van der Waals surface area (Å²) in [6, 6.07) is 2.92. The van der Waals surface area contributed by atoms with Crippen molar-refractivity contribution in [1.82, 2.24) is 10.6 Å². The van der Waals surface area contributed by atoms with Crippen molar-refractivity contribution < 1.29 is 15.0 Å². The van der Waals surface area contributed by atoms with Crippen LogP contribution in [0.5, 0.6) is 11.5 Å². The van der Waals surface area contributed by atoms with E-state index in [-0.39, 0.29) is 11.5 Å². The number of rotatable bonds is 7. The van der Waals surface area contributed by atoms with E-state index in [1.54, 1.807) is 0 Å². The Kier molecular flexibility index (Phi) is 5.31. The fourth-order valence-corrected chi connectivity index (χ4v) is 3.26. The van der Waals surface area contributed by atoms with Crippen LogP contribution in [-0.2, 0) is 16.8 Å². The summed E-state index contributed by atoms with van der Waals surface area (Å²) >= 11 is 0. The Bertz CT molecular complexity index is 625. The van der Waals surface area contributed by atoms with Crippen molar-refractivity contribution in [2.24, 2.45) is 0 Å². The van der Waals surface area contributed by atoms with E-state index in [4.69, 9.17) is 0 Å². The molecule has 1 aliphatic carbocycles. The van der Waals surface area contributed by atoms with Gasteiger partial charge in [0, 0.05) is 23.4 Å². The number of benzene rings is 1. The molecule has 1 unspecified atom stereocenters. The molecule has 0 radical (unpaired) electrons. The predicted molar refractivity (Wildman–Crippen MR) is 90.5 cm³/mol. The van der Waals surface area contributed by atoms with Crippen molar-refractivity contribution in [2.75, 3.05) is 13.1 Å². The zero-order chi connectivity index (χ0) is 17.0. The number of aromatic hydroxyl groups is 2. The first-order valence-corrected chi connectivity index (χ1v) is 8.21. The van der Waals surface area contributed by atoms with E-state index in [1.165, 1.54) is 12.1 Å². The van der Waals surface area contributed by atoms with Gasteiger partial charge in [-0.25, -0.2) is 0 Å². The van der Waals surface area contributed by atoms with Crippen molar-refractivity contribution in [3.05, 3.63) is 34.5 Å². The van der Waals surface area contributed by atoms with Crippen LogP contribution in [-0.4, -0.2) is 29.6 Å². The molecular formula is C18H26N2O3. The van der Waals surface area contributed by atoms with Gasteiger partial charge in [-0.2, -0.15) is 0 Å². The van der Waals surface area contributed by atoms with Gasteiger partial charge in [0.25, 0.3) is 0 Å². The van der Waals surface area contributed by atoms with E-state index in [0.29, 0.717) is 24.1 Å². The van der Waals surface area contributed by atoms with Gasteiger partial charge in [-0.15, -0.1) is 0 Å². The van der Waals surface area contributed by atoms with Gasteiger partial charge in [0.2, 0.25) is 0 Å². The minimum Gasteiger partial charge on any atom is -0.508 e. The number of carbonyl (C=O) groups excluding carboxylic acids is 1. The summed E-state index contributed by atoms with van der Waals surface area (Å²) in [7, 11) is 0. The highest BCUT2D eigenvalue weighted by Crippen LogP contribution is 2.44. The number of aldehydes is 1. The largest absolute Gasteiger partial charge is 0.508 e. The van der Waals surface area contributed by atoms with E-state index < -0.39 is 5.54 Å². The summed E-state index contributed by atoms with van der Waals surface area (Å²) < 4.78 is 0. The molecule has 0 saturated carbocycles. The van der Waals surface area contributed by atoms with Crippen molar-refractivity contribution >= 4 is 6.29 Å². The first kappa shape index (κ1) is 17.3. The third-order valence-electron chi connectivity index (χ3n) is 4.31. The molecule has 2 rings (SSSR count). The summed E-state index contributed by atoms with van der Waals surface area (Å²) in [5.41, 5.74) is 1.70. The molecule has 4 N–H and O–H groups in total. The third kappa shape index (κ3) is 2.93. The highest BCUT2D eigenvalue weighted by atomic mass is 16.3. The van der Waals surface area contributed by atoms with Crippen LogP contribution in [0, 0.1) is 0 Å². The summed E-state index contributed by atoms with van der Waals surface area (Å²) in [4.78, 5) is 12.2. The number of nitrogens with one attached hydrogen (secondary N) is 2. The molecule has 0 aliphatic heterocycles. The van der Waals surface area contributed by atoms with Crippen molar-refractivity contribution in [3.8, 4) is 11.5 Å². The van der Waals surface area contributed by atoms with E-state index in [0.717, 1.165) is 36.9 Å². The van der Waals surface area contributed by atoms with Crippen LogP contribution < -0.4 is 10.6 Å². The zero-order valence-electron chi connectivity index (χ0n) is 14.1. The molecule has 0 fully saturated rings. The number of hydrogen-bond acceptors (Lipinski definition) is 5. The Morgan fingerprint density at radius 1 is 1.17 bits per heavy atom. The minimum atomic E-state index is -1.15. The molecule has 0 saturated heterocycles. The Hall–Kier alpha value is -2.01. The van der Waals surface area contributed by atoms with Gasteiger partial charge in [0.1, 0.15) is 17.0 Å². The van der Waals surface area contributed by atoms with E-state index in [9.17, 15) is 15.0 Å². The number of phenolic OH excluding ortho intramolecular Hbond substituents is 2. The normalized spacial score (nSPS) is 20.3. The van der Waals surface area contributed by atoms with Crippen LogP contribution in [0.25, 0.3) is 0 Å². The summed E-state index contributed by atoms with van der Waals surface area (Å²) in [5, 5.41) is 27.3. The zero-order valence-corrected chi connectivity index (χ0v) is 14.1. The van der Waals surface area contributed by atoms with E-state index >= 15 is 0 Å². The lowest BCUT2D eigenvalue weighted by atomic mass is 9.75. The maximum Gasteiger partial charge on any atom is 0.150 e. The van der Waals surface area contributed by atoms with Crippen molar-refractivity contribution in [3.63, 3.8) is 0 Å². The molecular weight excluding hydrogens is 292 g/mol. The molecule has 0 bridgehead atoms. The predicted octanol–water partition coefficient (Wildman–Crippen LogP) is 2.32. The maximum atomic E-state index is 12.2. The second kappa shape index (κ2) is 7.04. The number of hydrogen-bond donors (Lipinski definition) is 4. The standard InChI is InChI=1S/C18H26N2O3/c1-4-8-19-17-12(3)10-13-14(22)6-7-15(23)16(13)18(17,11-21)20-9-5-2/h6-7,11,19-20,22-23H,4-5,8-10H2,1-3H3. The second-order valence-electron chi connectivity index (χ2n) is 6.07. The number of carbonyl (C=O) groups is 1. The smallest absolute Gasteiger partial charge is 0.150 e. The lowest BCUT2D eigenvalue weighted by Gasteiger charge is -2.39. The van der Waals surface area contributed by atoms with Gasteiger partial charge in [0.15, 0.2) is 6.29 Å². The maximum absolute atomic E-state index is 12.2. The van der Waals surface area contributed by atoms with Crippen molar-refractivity contribution in [1.29, 1.82) is 0 Å². The van der Waals surface area contributed by atoms with Crippen LogP contribution in [0.15, 0.2) is 23.4 Å². The Morgan fingerprint density at radius 2 is 1.83 bits per heavy atom. The Balaban J connectivity index is 2.68. The first-order chi connectivity index (χ1) is 11.0. The monoisotopic (exact) mass is 318 g/mol. The fourth-order valence-electron chi connectivity index (χ4n) is 3.26. The third-order valence-corrected chi connectivity index (χ3v) is 4.31. The van der Waals surface area contributed by atoms with E-state index in [1.807, 2.05) is 13.8 Å². The lowest BCUT2D eigenvalue weighted by molar-refractivity contribution is -0.112. The average Bonchev–Trinajstić information content (AvgIpc) is 2.55. The Labute approximate surface area is 137 Å². The summed E-state index contributed by atoms with van der Waals surface area (Å²) in [5.74, 6) is 0.132. The Morgan fingerprint density at radius 3 is 2.43 bits per heavy atom. The van der Waals surface area contributed by atoms with Gasteiger partial charge < -0.3 is 20.3 Å². The molecule has 0 aromatic heterocycles. The van der Waals surface area contributed by atoms with Gasteiger partial charge in [-0.3, -0.25) is 5.32 Å². The molecule has 5 nitrogen and oxygen atoms in total. The highest BCUT2D eigenvalue weighted by molar-refractivity contribution is 5.79. The molecule has 5 heteroatoms. The molecule has 1 aromatic carbocycles.